The van der Waals surface area contributed by atoms with Crippen LogP contribution in [-0.4, -0.2) is 90.0 Å². The summed E-state index contributed by atoms with van der Waals surface area (Å²) in [4.78, 5) is 57.5. The minimum atomic E-state index is -0.509. The maximum Gasteiger partial charge on any atom is 0.248 e. The SMILES string of the molecule is O=C1CN=C(n2cnc(C(O)C3CC3)c2)C=C2c3cccc(C4CC4)c3CCN12.O=Cc1cn(C2=NCC(=O)N3CCc4c(cccc4C4CC4)C3=C2)cn1. The molecule has 2 aromatic heterocycles. The van der Waals surface area contributed by atoms with E-state index in [0.29, 0.717) is 60.2 Å². The van der Waals surface area contributed by atoms with Gasteiger partial charge in [-0.25, -0.2) is 9.97 Å². The molecule has 4 aromatic rings. The molecule has 0 saturated heterocycles. The molecule has 12 nitrogen and oxygen atoms in total. The van der Waals surface area contributed by atoms with Crippen LogP contribution in [0.2, 0.25) is 0 Å². The van der Waals surface area contributed by atoms with E-state index in [1.807, 2.05) is 32.7 Å². The first-order valence-electron chi connectivity index (χ1n) is 19.5. The van der Waals surface area contributed by atoms with Crippen LogP contribution in [0.5, 0.6) is 0 Å². The first-order valence-corrected chi connectivity index (χ1v) is 19.5. The molecular formula is C43H42N8O4. The molecule has 2 aromatic carbocycles. The van der Waals surface area contributed by atoms with Crippen LogP contribution < -0.4 is 0 Å². The van der Waals surface area contributed by atoms with E-state index in [4.69, 9.17) is 0 Å². The van der Waals surface area contributed by atoms with Crippen LogP contribution in [0, 0.1) is 5.92 Å². The van der Waals surface area contributed by atoms with Crippen LogP contribution >= 0.6 is 0 Å². The summed E-state index contributed by atoms with van der Waals surface area (Å²) in [5.41, 5.74) is 10.8. The molecule has 278 valence electrons. The summed E-state index contributed by atoms with van der Waals surface area (Å²) < 4.78 is 3.54. The molecule has 12 heteroatoms. The molecule has 0 spiro atoms. The number of aliphatic hydroxyl groups excluding tert-OH is 1. The molecule has 0 bridgehead atoms. The fourth-order valence-electron chi connectivity index (χ4n) is 8.52. The van der Waals surface area contributed by atoms with E-state index in [-0.39, 0.29) is 24.9 Å². The van der Waals surface area contributed by atoms with Gasteiger partial charge in [-0.05, 0) is 91.4 Å². The summed E-state index contributed by atoms with van der Waals surface area (Å²) >= 11 is 0. The smallest absolute Gasteiger partial charge is 0.248 e. The Balaban J connectivity index is 0.000000136. The number of aliphatic hydroxyl groups is 1. The second kappa shape index (κ2) is 13.5. The van der Waals surface area contributed by atoms with Gasteiger partial charge in [0.05, 0.1) is 17.1 Å². The molecule has 6 heterocycles. The topological polar surface area (TPSA) is 138 Å². The number of benzene rings is 2. The van der Waals surface area contributed by atoms with Crippen molar-refractivity contribution in [3.63, 3.8) is 0 Å². The second-order valence-corrected chi connectivity index (χ2v) is 15.6. The van der Waals surface area contributed by atoms with Gasteiger partial charge < -0.3 is 14.9 Å². The summed E-state index contributed by atoms with van der Waals surface area (Å²) in [6.07, 6.45) is 19.9. The van der Waals surface area contributed by atoms with Gasteiger partial charge in [0, 0.05) is 48.8 Å². The fourth-order valence-corrected chi connectivity index (χ4v) is 8.52. The highest BCUT2D eigenvalue weighted by atomic mass is 16.3. The van der Waals surface area contributed by atoms with Crippen molar-refractivity contribution in [3.05, 3.63) is 118 Å². The van der Waals surface area contributed by atoms with Crippen molar-refractivity contribution in [2.45, 2.75) is 69.3 Å². The summed E-state index contributed by atoms with van der Waals surface area (Å²) in [7, 11) is 0. The maximum absolute atomic E-state index is 12.8. The van der Waals surface area contributed by atoms with Crippen LogP contribution in [0.25, 0.3) is 11.4 Å². The molecule has 2 amide bonds. The number of aromatic nitrogens is 4. The zero-order chi connectivity index (χ0) is 37.2. The van der Waals surface area contributed by atoms with E-state index in [1.165, 1.54) is 47.9 Å². The molecule has 0 radical (unpaired) electrons. The van der Waals surface area contributed by atoms with Gasteiger partial charge in [0.25, 0.3) is 0 Å². The molecule has 7 aliphatic rings. The third-order valence-corrected chi connectivity index (χ3v) is 11.9. The van der Waals surface area contributed by atoms with Gasteiger partial charge in [0.15, 0.2) is 6.29 Å². The standard InChI is InChI=1S/C23H24N4O2.C20H18N4O2/c28-22-11-24-21(26-12-19(25-13-26)23(29)15-6-7-15)10-20-18-3-1-2-16(14-4-5-14)17(18)8-9-27(20)22;25-11-14-10-23(12-22-14)19-8-18-17-3-1-2-15(13-4-5-13)16(17)6-7-24(18)20(26)9-21-19/h1-3,10,12-15,23,29H,4-9,11H2;1-3,8,10-13H,4-7,9H2. The van der Waals surface area contributed by atoms with E-state index < -0.39 is 6.10 Å². The summed E-state index contributed by atoms with van der Waals surface area (Å²) in [6.45, 7) is 1.63. The van der Waals surface area contributed by atoms with Crippen molar-refractivity contribution < 1.29 is 19.5 Å². The molecule has 1 atom stereocenters. The normalized spacial score (nSPS) is 20.9. The van der Waals surface area contributed by atoms with Crippen LogP contribution in [-0.2, 0) is 22.4 Å². The number of aldehydes is 1. The lowest BCUT2D eigenvalue weighted by Gasteiger charge is -2.32. The lowest BCUT2D eigenvalue weighted by molar-refractivity contribution is -0.127. The predicted molar refractivity (Wildman–Crippen MR) is 207 cm³/mol. The molecule has 11 rings (SSSR count). The Kier molecular flexibility index (Phi) is 8.31. The quantitative estimate of drug-likeness (QED) is 0.282. The van der Waals surface area contributed by atoms with Crippen molar-refractivity contribution in [1.29, 1.82) is 0 Å². The first kappa shape index (κ1) is 33.8. The van der Waals surface area contributed by atoms with Crippen molar-refractivity contribution >= 4 is 41.2 Å². The number of hydrogen-bond donors (Lipinski definition) is 1. The third kappa shape index (κ3) is 6.37. The molecular weight excluding hydrogens is 693 g/mol. The highest BCUT2D eigenvalue weighted by Crippen LogP contribution is 2.46. The lowest BCUT2D eigenvalue weighted by Crippen LogP contribution is -2.36. The van der Waals surface area contributed by atoms with Gasteiger partial charge in [0.2, 0.25) is 11.8 Å². The van der Waals surface area contributed by atoms with E-state index in [9.17, 15) is 19.5 Å². The number of carbonyl (C=O) groups excluding carboxylic acids is 3. The number of nitrogens with zero attached hydrogens (tertiary/aromatic N) is 8. The number of imidazole rings is 2. The fraction of sp³-hybridized carbons (Fsp3) is 0.372. The molecule has 4 aliphatic heterocycles. The Morgan fingerprint density at radius 3 is 1.71 bits per heavy atom. The number of fused-ring (bicyclic) bond motifs is 6. The van der Waals surface area contributed by atoms with Crippen molar-refractivity contribution in [2.75, 3.05) is 26.2 Å². The molecule has 55 heavy (non-hydrogen) atoms. The summed E-state index contributed by atoms with van der Waals surface area (Å²) in [6, 6.07) is 12.9. The highest BCUT2D eigenvalue weighted by Gasteiger charge is 2.36. The molecule has 3 aliphatic carbocycles. The Bertz CT molecular complexity index is 2370. The Morgan fingerprint density at radius 1 is 0.691 bits per heavy atom. The zero-order valence-electron chi connectivity index (χ0n) is 30.5. The summed E-state index contributed by atoms with van der Waals surface area (Å²) in [5, 5.41) is 10.4. The predicted octanol–water partition coefficient (Wildman–Crippen LogP) is 5.15. The van der Waals surface area contributed by atoms with Crippen molar-refractivity contribution in [3.8, 4) is 0 Å². The van der Waals surface area contributed by atoms with Crippen molar-refractivity contribution in [2.24, 2.45) is 15.9 Å². The van der Waals surface area contributed by atoms with Gasteiger partial charge in [-0.3, -0.25) is 33.5 Å². The van der Waals surface area contributed by atoms with E-state index in [0.717, 1.165) is 48.2 Å². The van der Waals surface area contributed by atoms with Crippen LogP contribution in [0.15, 0.2) is 83.6 Å². The first-order chi connectivity index (χ1) is 26.9. The number of hydrogen-bond acceptors (Lipinski definition) is 8. The molecule has 1 unspecified atom stereocenters. The Hall–Kier alpha value is -5.75. The number of carbonyl (C=O) groups is 3. The lowest BCUT2D eigenvalue weighted by atomic mass is 9.90. The van der Waals surface area contributed by atoms with E-state index in [1.54, 1.807) is 23.4 Å². The Morgan fingerprint density at radius 2 is 1.22 bits per heavy atom. The number of rotatable bonds is 5. The number of aliphatic imine (C=N–C) groups is 2. The average Bonchev–Trinajstić information content (AvgIpc) is 4.10. The third-order valence-electron chi connectivity index (χ3n) is 11.9. The zero-order valence-corrected chi connectivity index (χ0v) is 30.5. The molecule has 3 fully saturated rings. The summed E-state index contributed by atoms with van der Waals surface area (Å²) in [5.74, 6) is 3.05. The Labute approximate surface area is 318 Å². The van der Waals surface area contributed by atoms with Gasteiger partial charge >= 0.3 is 0 Å². The maximum atomic E-state index is 12.8. The van der Waals surface area contributed by atoms with Crippen LogP contribution in [0.4, 0.5) is 0 Å². The minimum Gasteiger partial charge on any atom is -0.386 e. The van der Waals surface area contributed by atoms with Gasteiger partial charge in [-0.15, -0.1) is 0 Å². The number of allylic oxidation sites excluding steroid dienone is 2. The van der Waals surface area contributed by atoms with Crippen LogP contribution in [0.3, 0.4) is 0 Å². The van der Waals surface area contributed by atoms with Crippen LogP contribution in [0.1, 0.15) is 106 Å². The van der Waals surface area contributed by atoms with Gasteiger partial charge in [-0.1, -0.05) is 36.4 Å². The number of amides is 2. The molecule has 3 saturated carbocycles. The van der Waals surface area contributed by atoms with Crippen molar-refractivity contribution in [1.82, 2.24) is 28.9 Å². The second-order valence-electron chi connectivity index (χ2n) is 15.6. The minimum absolute atomic E-state index is 0.00412. The highest BCUT2D eigenvalue weighted by molar-refractivity contribution is 6.07. The molecule has 1 N–H and O–H groups in total. The van der Waals surface area contributed by atoms with Gasteiger partial charge in [-0.2, -0.15) is 0 Å². The largest absolute Gasteiger partial charge is 0.386 e. The average molecular weight is 735 g/mol. The van der Waals surface area contributed by atoms with E-state index in [2.05, 4.69) is 56.4 Å². The van der Waals surface area contributed by atoms with Gasteiger partial charge in [0.1, 0.15) is 49.2 Å². The van der Waals surface area contributed by atoms with E-state index >= 15 is 0 Å². The monoisotopic (exact) mass is 734 g/mol.